The van der Waals surface area contributed by atoms with Gasteiger partial charge in [0.2, 0.25) is 5.91 Å². The Morgan fingerprint density at radius 2 is 1.48 bits per heavy atom. The average Bonchev–Trinajstić information content (AvgIpc) is 2.44. The van der Waals surface area contributed by atoms with Crippen molar-refractivity contribution in [2.75, 3.05) is 17.2 Å². The van der Waals surface area contributed by atoms with Crippen molar-refractivity contribution in [3.63, 3.8) is 0 Å². The predicted octanol–water partition coefficient (Wildman–Crippen LogP) is 3.63. The quantitative estimate of drug-likeness (QED) is 0.902. The number of hydrogen-bond acceptors (Lipinski definition) is 2. The highest BCUT2D eigenvalue weighted by Crippen LogP contribution is 2.17. The SMILES string of the molecule is Cc1ccc(F)cc1NCC(=O)Nc1cc(F)ccc1C. The number of anilines is 2. The Kier molecular flexibility index (Phi) is 4.52. The lowest BCUT2D eigenvalue weighted by Crippen LogP contribution is -2.22. The molecule has 0 aliphatic carbocycles. The third-order valence-electron chi connectivity index (χ3n) is 3.11. The van der Waals surface area contributed by atoms with Crippen molar-refractivity contribution in [3.05, 3.63) is 59.2 Å². The van der Waals surface area contributed by atoms with Crippen LogP contribution in [0, 0.1) is 25.5 Å². The molecule has 0 radical (unpaired) electrons. The Balaban J connectivity index is 1.99. The van der Waals surface area contributed by atoms with E-state index in [0.29, 0.717) is 11.4 Å². The summed E-state index contributed by atoms with van der Waals surface area (Å²) < 4.78 is 26.3. The number of aryl methyl sites for hydroxylation is 2. The van der Waals surface area contributed by atoms with Crippen LogP contribution in [0.3, 0.4) is 0 Å². The van der Waals surface area contributed by atoms with Crippen LogP contribution in [0.2, 0.25) is 0 Å². The highest BCUT2D eigenvalue weighted by atomic mass is 19.1. The zero-order valence-corrected chi connectivity index (χ0v) is 11.8. The summed E-state index contributed by atoms with van der Waals surface area (Å²) in [7, 11) is 0. The van der Waals surface area contributed by atoms with Gasteiger partial charge in [0.1, 0.15) is 11.6 Å². The maximum absolute atomic E-state index is 13.1. The fourth-order valence-electron chi connectivity index (χ4n) is 1.88. The molecule has 0 saturated heterocycles. The van der Waals surface area contributed by atoms with Gasteiger partial charge in [-0.1, -0.05) is 12.1 Å². The molecule has 5 heteroatoms. The molecule has 0 spiro atoms. The number of nitrogens with one attached hydrogen (secondary N) is 2. The molecule has 2 aromatic rings. The van der Waals surface area contributed by atoms with E-state index in [1.54, 1.807) is 19.1 Å². The van der Waals surface area contributed by atoms with Crippen LogP contribution in [0.1, 0.15) is 11.1 Å². The summed E-state index contributed by atoms with van der Waals surface area (Å²) in [5.41, 5.74) is 2.59. The number of carbonyl (C=O) groups is 1. The molecule has 2 N–H and O–H groups in total. The number of benzene rings is 2. The van der Waals surface area contributed by atoms with Gasteiger partial charge in [0, 0.05) is 11.4 Å². The molecular formula is C16H16F2N2O. The van der Waals surface area contributed by atoms with Gasteiger partial charge in [-0.25, -0.2) is 8.78 Å². The first-order valence-electron chi connectivity index (χ1n) is 6.52. The molecule has 0 atom stereocenters. The second kappa shape index (κ2) is 6.35. The van der Waals surface area contributed by atoms with Crippen molar-refractivity contribution in [2.24, 2.45) is 0 Å². The summed E-state index contributed by atoms with van der Waals surface area (Å²) in [6.45, 7) is 3.57. The van der Waals surface area contributed by atoms with Crippen LogP contribution in [0.25, 0.3) is 0 Å². The van der Waals surface area contributed by atoms with Crippen LogP contribution in [0.4, 0.5) is 20.2 Å². The van der Waals surface area contributed by atoms with Gasteiger partial charge in [-0.05, 0) is 49.2 Å². The normalized spacial score (nSPS) is 10.3. The summed E-state index contributed by atoms with van der Waals surface area (Å²) in [4.78, 5) is 11.9. The maximum atomic E-state index is 13.1. The Hall–Kier alpha value is -2.43. The minimum Gasteiger partial charge on any atom is -0.376 e. The number of amides is 1. The highest BCUT2D eigenvalue weighted by molar-refractivity contribution is 5.94. The Labute approximate surface area is 122 Å². The van der Waals surface area contributed by atoms with E-state index in [1.165, 1.54) is 24.3 Å². The summed E-state index contributed by atoms with van der Waals surface area (Å²) in [6.07, 6.45) is 0. The fourth-order valence-corrected chi connectivity index (χ4v) is 1.88. The van der Waals surface area contributed by atoms with Crippen LogP contribution in [0.5, 0.6) is 0 Å². The summed E-state index contributed by atoms with van der Waals surface area (Å²) in [5, 5.41) is 5.48. The average molecular weight is 290 g/mol. The van der Waals surface area contributed by atoms with Crippen molar-refractivity contribution in [2.45, 2.75) is 13.8 Å². The standard InChI is InChI=1S/C16H16F2N2O/c1-10-3-5-12(17)7-14(10)19-9-16(21)20-15-8-13(18)6-4-11(15)2/h3-8,19H,9H2,1-2H3,(H,20,21). The summed E-state index contributed by atoms with van der Waals surface area (Å²) in [5.74, 6) is -1.11. The lowest BCUT2D eigenvalue weighted by molar-refractivity contribution is -0.114. The zero-order valence-electron chi connectivity index (χ0n) is 11.8. The van der Waals surface area contributed by atoms with E-state index in [-0.39, 0.29) is 18.3 Å². The molecule has 0 saturated carbocycles. The van der Waals surface area contributed by atoms with Gasteiger partial charge >= 0.3 is 0 Å². The highest BCUT2D eigenvalue weighted by Gasteiger charge is 2.07. The van der Waals surface area contributed by atoms with Crippen LogP contribution in [-0.4, -0.2) is 12.5 Å². The van der Waals surface area contributed by atoms with E-state index in [2.05, 4.69) is 10.6 Å². The molecule has 2 aromatic carbocycles. The lowest BCUT2D eigenvalue weighted by Gasteiger charge is -2.11. The molecule has 0 aliphatic heterocycles. The van der Waals surface area contributed by atoms with Crippen molar-refractivity contribution >= 4 is 17.3 Å². The zero-order chi connectivity index (χ0) is 15.4. The predicted molar refractivity (Wildman–Crippen MR) is 79.4 cm³/mol. The van der Waals surface area contributed by atoms with E-state index in [9.17, 15) is 13.6 Å². The molecule has 110 valence electrons. The number of rotatable bonds is 4. The smallest absolute Gasteiger partial charge is 0.243 e. The molecule has 0 heterocycles. The molecule has 0 unspecified atom stereocenters. The largest absolute Gasteiger partial charge is 0.376 e. The van der Waals surface area contributed by atoms with E-state index < -0.39 is 5.82 Å². The molecule has 2 rings (SSSR count). The van der Waals surface area contributed by atoms with Gasteiger partial charge in [-0.3, -0.25) is 4.79 Å². The van der Waals surface area contributed by atoms with Gasteiger partial charge in [-0.15, -0.1) is 0 Å². The van der Waals surface area contributed by atoms with Crippen LogP contribution < -0.4 is 10.6 Å². The minimum atomic E-state index is -0.412. The Morgan fingerprint density at radius 3 is 2.10 bits per heavy atom. The second-order valence-electron chi connectivity index (χ2n) is 4.82. The molecule has 1 amide bonds. The van der Waals surface area contributed by atoms with Crippen molar-refractivity contribution in [1.29, 1.82) is 0 Å². The minimum absolute atomic E-state index is 0.0275. The molecule has 0 fully saturated rings. The number of hydrogen-bond donors (Lipinski definition) is 2. The Bertz CT molecular complexity index is 671. The molecule has 3 nitrogen and oxygen atoms in total. The number of carbonyl (C=O) groups excluding carboxylic acids is 1. The summed E-state index contributed by atoms with van der Waals surface area (Å²) >= 11 is 0. The molecule has 21 heavy (non-hydrogen) atoms. The van der Waals surface area contributed by atoms with Crippen LogP contribution in [-0.2, 0) is 4.79 Å². The van der Waals surface area contributed by atoms with E-state index >= 15 is 0 Å². The first kappa shape index (κ1) is 15.0. The maximum Gasteiger partial charge on any atom is 0.243 e. The molecule has 0 aromatic heterocycles. The van der Waals surface area contributed by atoms with Crippen LogP contribution in [0.15, 0.2) is 36.4 Å². The van der Waals surface area contributed by atoms with Gasteiger partial charge in [0.25, 0.3) is 0 Å². The van der Waals surface area contributed by atoms with Crippen molar-refractivity contribution < 1.29 is 13.6 Å². The van der Waals surface area contributed by atoms with E-state index in [0.717, 1.165) is 11.1 Å². The third kappa shape index (κ3) is 4.02. The van der Waals surface area contributed by atoms with Crippen molar-refractivity contribution in [3.8, 4) is 0 Å². The van der Waals surface area contributed by atoms with Gasteiger partial charge in [-0.2, -0.15) is 0 Å². The van der Waals surface area contributed by atoms with E-state index in [4.69, 9.17) is 0 Å². The topological polar surface area (TPSA) is 41.1 Å². The number of halogens is 2. The van der Waals surface area contributed by atoms with Crippen molar-refractivity contribution in [1.82, 2.24) is 0 Å². The third-order valence-corrected chi connectivity index (χ3v) is 3.11. The van der Waals surface area contributed by atoms with Gasteiger partial charge < -0.3 is 10.6 Å². The fraction of sp³-hybridized carbons (Fsp3) is 0.188. The monoisotopic (exact) mass is 290 g/mol. The summed E-state index contributed by atoms with van der Waals surface area (Å²) in [6, 6.07) is 8.51. The van der Waals surface area contributed by atoms with E-state index in [1.807, 2.05) is 6.92 Å². The Morgan fingerprint density at radius 1 is 0.952 bits per heavy atom. The molecule has 0 aliphatic rings. The second-order valence-corrected chi connectivity index (χ2v) is 4.82. The van der Waals surface area contributed by atoms with Crippen LogP contribution >= 0.6 is 0 Å². The van der Waals surface area contributed by atoms with Gasteiger partial charge in [0.05, 0.1) is 6.54 Å². The first-order valence-corrected chi connectivity index (χ1v) is 6.52. The molecule has 0 bridgehead atoms. The first-order chi connectivity index (χ1) is 9.95. The lowest BCUT2D eigenvalue weighted by atomic mass is 10.2. The van der Waals surface area contributed by atoms with Gasteiger partial charge in [0.15, 0.2) is 0 Å². The molecular weight excluding hydrogens is 274 g/mol.